The van der Waals surface area contributed by atoms with Gasteiger partial charge in [0.2, 0.25) is 0 Å². The zero-order valence-electron chi connectivity index (χ0n) is 17.4. The molecule has 0 N–H and O–H groups in total. The van der Waals surface area contributed by atoms with E-state index in [9.17, 15) is 4.79 Å². The van der Waals surface area contributed by atoms with Gasteiger partial charge < -0.3 is 9.80 Å². The van der Waals surface area contributed by atoms with Crippen LogP contribution in [0.25, 0.3) is 0 Å². The summed E-state index contributed by atoms with van der Waals surface area (Å²) in [5.41, 5.74) is 6.24. The number of benzene rings is 1. The molecule has 0 radical (unpaired) electrons. The molecule has 0 fully saturated rings. The summed E-state index contributed by atoms with van der Waals surface area (Å²) in [6, 6.07) is 6.42. The maximum Gasteiger partial charge on any atom is 0.254 e. The van der Waals surface area contributed by atoms with Crippen molar-refractivity contribution < 1.29 is 4.79 Å². The van der Waals surface area contributed by atoms with Crippen LogP contribution >= 0.6 is 11.3 Å². The van der Waals surface area contributed by atoms with E-state index in [2.05, 4.69) is 51.8 Å². The van der Waals surface area contributed by atoms with E-state index >= 15 is 0 Å². The van der Waals surface area contributed by atoms with Gasteiger partial charge in [-0.1, -0.05) is 6.07 Å². The molecule has 2 heterocycles. The van der Waals surface area contributed by atoms with Gasteiger partial charge in [0.15, 0.2) is 0 Å². The first kappa shape index (κ1) is 20.1. The van der Waals surface area contributed by atoms with Crippen molar-refractivity contribution in [3.63, 3.8) is 0 Å². The third kappa shape index (κ3) is 4.61. The molecule has 1 aromatic heterocycles. The summed E-state index contributed by atoms with van der Waals surface area (Å²) < 4.78 is 0. The third-order valence-corrected chi connectivity index (χ3v) is 6.90. The second kappa shape index (κ2) is 8.57. The lowest BCUT2D eigenvalue weighted by Gasteiger charge is -2.30. The van der Waals surface area contributed by atoms with Crippen molar-refractivity contribution in [1.82, 2.24) is 9.80 Å². The van der Waals surface area contributed by atoms with Crippen LogP contribution in [0.4, 0.5) is 0 Å². The highest BCUT2D eigenvalue weighted by atomic mass is 32.1. The molecule has 2 aromatic rings. The van der Waals surface area contributed by atoms with Gasteiger partial charge in [0, 0.05) is 35.0 Å². The highest BCUT2D eigenvalue weighted by molar-refractivity contribution is 7.12. The smallest absolute Gasteiger partial charge is 0.254 e. The molecule has 3 rings (SSSR count). The molecular formula is C23H32N2OS. The van der Waals surface area contributed by atoms with Crippen molar-refractivity contribution in [3.8, 4) is 0 Å². The topological polar surface area (TPSA) is 23.6 Å². The molecule has 1 aliphatic rings. The molecule has 0 atom stereocenters. The lowest BCUT2D eigenvalue weighted by atomic mass is 9.91. The van der Waals surface area contributed by atoms with E-state index < -0.39 is 0 Å². The van der Waals surface area contributed by atoms with E-state index in [1.807, 2.05) is 22.3 Å². The van der Waals surface area contributed by atoms with Gasteiger partial charge in [-0.05, 0) is 94.9 Å². The number of aryl methyl sites for hydroxylation is 3. The number of hydrogen-bond donors (Lipinski definition) is 0. The van der Waals surface area contributed by atoms with Gasteiger partial charge in [-0.3, -0.25) is 4.79 Å². The average molecular weight is 385 g/mol. The summed E-state index contributed by atoms with van der Waals surface area (Å²) in [6.45, 7) is 12.5. The molecule has 1 aromatic carbocycles. The molecular weight excluding hydrogens is 352 g/mol. The molecule has 0 saturated carbocycles. The number of carbonyl (C=O) groups is 1. The van der Waals surface area contributed by atoms with Gasteiger partial charge in [0.05, 0.1) is 0 Å². The van der Waals surface area contributed by atoms with E-state index in [4.69, 9.17) is 0 Å². The molecule has 3 nitrogen and oxygen atoms in total. The minimum atomic E-state index is 0.214. The molecule has 0 spiro atoms. The second-order valence-electron chi connectivity index (χ2n) is 7.92. The van der Waals surface area contributed by atoms with Gasteiger partial charge in [-0.25, -0.2) is 0 Å². The van der Waals surface area contributed by atoms with Crippen molar-refractivity contribution in [2.45, 2.75) is 47.0 Å². The van der Waals surface area contributed by atoms with E-state index in [0.717, 1.165) is 51.0 Å². The molecule has 0 bridgehead atoms. The summed E-state index contributed by atoms with van der Waals surface area (Å²) in [7, 11) is 2.19. The minimum Gasteiger partial charge on any atom is -0.338 e. The predicted octanol–water partition coefficient (Wildman–Crippen LogP) is 4.54. The molecule has 27 heavy (non-hydrogen) atoms. The number of nitrogens with zero attached hydrogens (tertiary/aromatic N) is 2. The number of amides is 1. The standard InChI is InChI=1S/C23H32N2OS/c1-16-7-8-22-21(18(16)3)10-14-25(23(22)26)12-6-11-24(5)13-9-20-15-17(2)27-19(20)4/h7-8,15H,6,9-14H2,1-5H3. The van der Waals surface area contributed by atoms with Crippen LogP contribution in [0.15, 0.2) is 18.2 Å². The van der Waals surface area contributed by atoms with E-state index in [1.54, 1.807) is 0 Å². The Morgan fingerprint density at radius 3 is 2.63 bits per heavy atom. The Labute approximate surface area is 168 Å². The van der Waals surface area contributed by atoms with Crippen molar-refractivity contribution in [1.29, 1.82) is 0 Å². The Balaban J connectivity index is 1.47. The summed E-state index contributed by atoms with van der Waals surface area (Å²) in [6.07, 6.45) is 3.13. The van der Waals surface area contributed by atoms with E-state index in [0.29, 0.717) is 0 Å². The van der Waals surface area contributed by atoms with Crippen LogP contribution < -0.4 is 0 Å². The van der Waals surface area contributed by atoms with Crippen molar-refractivity contribution in [3.05, 3.63) is 55.8 Å². The first-order valence-corrected chi connectivity index (χ1v) is 10.8. The van der Waals surface area contributed by atoms with Crippen LogP contribution in [0, 0.1) is 27.7 Å². The fourth-order valence-corrected chi connectivity index (χ4v) is 4.99. The molecule has 146 valence electrons. The van der Waals surface area contributed by atoms with Crippen LogP contribution in [0.2, 0.25) is 0 Å². The number of rotatable bonds is 7. The molecule has 0 aliphatic carbocycles. The zero-order valence-corrected chi connectivity index (χ0v) is 18.2. The Kier molecular flexibility index (Phi) is 6.38. The average Bonchev–Trinajstić information content (AvgIpc) is 2.95. The maximum atomic E-state index is 12.8. The number of carbonyl (C=O) groups excluding carboxylic acids is 1. The molecule has 1 amide bonds. The van der Waals surface area contributed by atoms with Crippen molar-refractivity contribution in [2.24, 2.45) is 0 Å². The highest BCUT2D eigenvalue weighted by Crippen LogP contribution is 2.25. The van der Waals surface area contributed by atoms with Crippen molar-refractivity contribution >= 4 is 17.2 Å². The van der Waals surface area contributed by atoms with Crippen LogP contribution in [0.5, 0.6) is 0 Å². The summed E-state index contributed by atoms with van der Waals surface area (Å²) in [5, 5.41) is 0. The lowest BCUT2D eigenvalue weighted by Crippen LogP contribution is -2.39. The number of fused-ring (bicyclic) bond motifs is 1. The Hall–Kier alpha value is -1.65. The number of hydrogen-bond acceptors (Lipinski definition) is 3. The van der Waals surface area contributed by atoms with Crippen LogP contribution in [-0.2, 0) is 12.8 Å². The Morgan fingerprint density at radius 1 is 1.15 bits per heavy atom. The molecule has 4 heteroatoms. The fraction of sp³-hybridized carbons (Fsp3) is 0.522. The lowest BCUT2D eigenvalue weighted by molar-refractivity contribution is 0.0733. The SMILES string of the molecule is Cc1cc(CCN(C)CCCN2CCc3c(ccc(C)c3C)C2=O)c(C)s1. The fourth-order valence-electron chi connectivity index (χ4n) is 4.01. The molecule has 1 aliphatic heterocycles. The Morgan fingerprint density at radius 2 is 1.93 bits per heavy atom. The maximum absolute atomic E-state index is 12.8. The van der Waals surface area contributed by atoms with Crippen LogP contribution in [0.1, 0.15) is 48.8 Å². The van der Waals surface area contributed by atoms with Gasteiger partial charge in [0.25, 0.3) is 5.91 Å². The van der Waals surface area contributed by atoms with Gasteiger partial charge in [-0.15, -0.1) is 11.3 Å². The van der Waals surface area contributed by atoms with Gasteiger partial charge >= 0.3 is 0 Å². The quantitative estimate of drug-likeness (QED) is 0.699. The normalized spacial score (nSPS) is 14.1. The number of thiophene rings is 1. The highest BCUT2D eigenvalue weighted by Gasteiger charge is 2.25. The van der Waals surface area contributed by atoms with Gasteiger partial charge in [0.1, 0.15) is 0 Å². The predicted molar refractivity (Wildman–Crippen MR) is 115 cm³/mol. The second-order valence-corrected chi connectivity index (χ2v) is 9.38. The first-order chi connectivity index (χ1) is 12.9. The van der Waals surface area contributed by atoms with Gasteiger partial charge in [-0.2, -0.15) is 0 Å². The zero-order chi connectivity index (χ0) is 19.6. The monoisotopic (exact) mass is 384 g/mol. The van der Waals surface area contributed by atoms with Crippen LogP contribution in [0.3, 0.4) is 0 Å². The van der Waals surface area contributed by atoms with E-state index in [-0.39, 0.29) is 5.91 Å². The largest absolute Gasteiger partial charge is 0.338 e. The first-order valence-electron chi connectivity index (χ1n) is 9.99. The Bertz CT molecular complexity index is 824. The molecule has 0 saturated heterocycles. The van der Waals surface area contributed by atoms with Crippen LogP contribution in [-0.4, -0.2) is 48.9 Å². The summed E-state index contributed by atoms with van der Waals surface area (Å²) in [4.78, 5) is 20.1. The molecule has 0 unspecified atom stereocenters. The van der Waals surface area contributed by atoms with Crippen molar-refractivity contribution in [2.75, 3.05) is 33.2 Å². The number of likely N-dealkylation sites (N-methyl/N-ethyl adjacent to an activating group) is 1. The van der Waals surface area contributed by atoms with E-state index in [1.165, 1.54) is 32.0 Å². The summed E-state index contributed by atoms with van der Waals surface area (Å²) >= 11 is 1.89. The minimum absolute atomic E-state index is 0.214. The summed E-state index contributed by atoms with van der Waals surface area (Å²) in [5.74, 6) is 0.214. The third-order valence-electron chi connectivity index (χ3n) is 5.89.